The summed E-state index contributed by atoms with van der Waals surface area (Å²) >= 11 is 3.84. The summed E-state index contributed by atoms with van der Waals surface area (Å²) in [5.74, 6) is 1.37. The topological polar surface area (TPSA) is 29.9 Å². The van der Waals surface area contributed by atoms with Crippen molar-refractivity contribution in [2.75, 3.05) is 13.1 Å². The Kier molecular flexibility index (Phi) is 3.76. The van der Waals surface area contributed by atoms with Crippen LogP contribution in [-0.4, -0.2) is 22.9 Å². The van der Waals surface area contributed by atoms with E-state index in [9.17, 15) is 0 Å². The van der Waals surface area contributed by atoms with Crippen molar-refractivity contribution in [3.63, 3.8) is 0 Å². The summed E-state index contributed by atoms with van der Waals surface area (Å²) in [6, 6.07) is 0. The lowest BCUT2D eigenvalue weighted by Gasteiger charge is -2.21. The van der Waals surface area contributed by atoms with E-state index in [1.807, 2.05) is 0 Å². The molecule has 4 heteroatoms. The summed E-state index contributed by atoms with van der Waals surface area (Å²) in [4.78, 5) is 0. The molecule has 1 saturated heterocycles. The Balaban J connectivity index is 1.89. The molecule has 100 valence electrons. The van der Waals surface area contributed by atoms with Crippen LogP contribution in [0.5, 0.6) is 0 Å². The maximum atomic E-state index is 4.82. The first-order chi connectivity index (χ1) is 8.77. The second-order valence-corrected chi connectivity index (χ2v) is 6.51. The molecular formula is C14H22BrN3. The van der Waals surface area contributed by atoms with Gasteiger partial charge in [0.05, 0.1) is 15.9 Å². The monoisotopic (exact) mass is 311 g/mol. The molecule has 0 radical (unpaired) electrons. The van der Waals surface area contributed by atoms with Crippen molar-refractivity contribution < 1.29 is 0 Å². The number of piperidine rings is 1. The number of rotatable bonds is 2. The summed E-state index contributed by atoms with van der Waals surface area (Å²) in [7, 11) is 2.11. The molecule has 18 heavy (non-hydrogen) atoms. The Labute approximate surface area is 117 Å². The maximum absolute atomic E-state index is 4.82. The SMILES string of the molecule is Cn1nc(C2CCNCC2)c(Br)c1C1CCCC1. The van der Waals surface area contributed by atoms with Gasteiger partial charge in [0.15, 0.2) is 0 Å². The molecule has 3 nitrogen and oxygen atoms in total. The van der Waals surface area contributed by atoms with E-state index >= 15 is 0 Å². The average Bonchev–Trinajstić information content (AvgIpc) is 2.99. The summed E-state index contributed by atoms with van der Waals surface area (Å²) in [5.41, 5.74) is 2.75. The van der Waals surface area contributed by atoms with Gasteiger partial charge in [0.2, 0.25) is 0 Å². The average molecular weight is 312 g/mol. The fraction of sp³-hybridized carbons (Fsp3) is 0.786. The molecular weight excluding hydrogens is 290 g/mol. The van der Waals surface area contributed by atoms with E-state index in [0.29, 0.717) is 5.92 Å². The van der Waals surface area contributed by atoms with Crippen LogP contribution in [0.2, 0.25) is 0 Å². The lowest BCUT2D eigenvalue weighted by molar-refractivity contribution is 0.449. The van der Waals surface area contributed by atoms with Gasteiger partial charge in [-0.05, 0) is 54.7 Å². The summed E-state index contributed by atoms with van der Waals surface area (Å²) in [5, 5.41) is 8.25. The van der Waals surface area contributed by atoms with Crippen LogP contribution >= 0.6 is 15.9 Å². The minimum Gasteiger partial charge on any atom is -0.317 e. The summed E-state index contributed by atoms with van der Waals surface area (Å²) < 4.78 is 3.45. The lowest BCUT2D eigenvalue weighted by atomic mass is 9.93. The van der Waals surface area contributed by atoms with Gasteiger partial charge in [-0.3, -0.25) is 4.68 Å². The molecule has 2 fully saturated rings. The molecule has 0 atom stereocenters. The number of nitrogens with one attached hydrogen (secondary N) is 1. The Morgan fingerprint density at radius 1 is 1.11 bits per heavy atom. The molecule has 2 aliphatic rings. The Hall–Kier alpha value is -0.350. The molecule has 0 spiro atoms. The van der Waals surface area contributed by atoms with Gasteiger partial charge in [0.1, 0.15) is 0 Å². The van der Waals surface area contributed by atoms with Crippen LogP contribution in [-0.2, 0) is 7.05 Å². The zero-order valence-electron chi connectivity index (χ0n) is 11.1. The predicted molar refractivity (Wildman–Crippen MR) is 77.0 cm³/mol. The highest BCUT2D eigenvalue weighted by Gasteiger charge is 2.28. The number of hydrogen-bond donors (Lipinski definition) is 1. The van der Waals surface area contributed by atoms with Crippen LogP contribution in [0.1, 0.15) is 61.7 Å². The predicted octanol–water partition coefficient (Wildman–Crippen LogP) is 3.31. The molecule has 1 aromatic rings. The first-order valence-corrected chi connectivity index (χ1v) is 7.99. The van der Waals surface area contributed by atoms with Crippen LogP contribution in [0.4, 0.5) is 0 Å². The van der Waals surface area contributed by atoms with Crippen LogP contribution in [0.25, 0.3) is 0 Å². The first-order valence-electron chi connectivity index (χ1n) is 7.20. The molecule has 2 heterocycles. The fourth-order valence-electron chi connectivity index (χ4n) is 3.53. The van der Waals surface area contributed by atoms with E-state index in [2.05, 4.69) is 33.0 Å². The molecule has 1 aliphatic carbocycles. The lowest BCUT2D eigenvalue weighted by Crippen LogP contribution is -2.27. The van der Waals surface area contributed by atoms with E-state index in [1.54, 1.807) is 0 Å². The minimum atomic E-state index is 0.641. The van der Waals surface area contributed by atoms with Gasteiger partial charge in [0.25, 0.3) is 0 Å². The molecule has 0 bridgehead atoms. The third kappa shape index (κ3) is 2.25. The van der Waals surface area contributed by atoms with E-state index < -0.39 is 0 Å². The second-order valence-electron chi connectivity index (χ2n) is 5.71. The van der Waals surface area contributed by atoms with E-state index in [1.165, 1.54) is 54.4 Å². The van der Waals surface area contributed by atoms with Crippen LogP contribution in [0.3, 0.4) is 0 Å². The Bertz CT molecular complexity index is 415. The third-order valence-corrected chi connectivity index (χ3v) is 5.34. The van der Waals surface area contributed by atoms with E-state index in [-0.39, 0.29) is 0 Å². The zero-order chi connectivity index (χ0) is 12.5. The highest BCUT2D eigenvalue weighted by Crippen LogP contribution is 2.41. The summed E-state index contributed by atoms with van der Waals surface area (Å²) in [6.45, 7) is 2.26. The van der Waals surface area contributed by atoms with Gasteiger partial charge >= 0.3 is 0 Å². The molecule has 3 rings (SSSR count). The molecule has 0 amide bonds. The number of aryl methyl sites for hydroxylation is 1. The number of aromatic nitrogens is 2. The largest absolute Gasteiger partial charge is 0.317 e. The quantitative estimate of drug-likeness (QED) is 0.908. The highest BCUT2D eigenvalue weighted by atomic mass is 79.9. The fourth-order valence-corrected chi connectivity index (χ4v) is 4.51. The van der Waals surface area contributed by atoms with Gasteiger partial charge < -0.3 is 5.32 Å². The Morgan fingerprint density at radius 3 is 2.44 bits per heavy atom. The third-order valence-electron chi connectivity index (χ3n) is 4.52. The van der Waals surface area contributed by atoms with Crippen molar-refractivity contribution in [3.05, 3.63) is 15.9 Å². The first kappa shape index (κ1) is 12.7. The highest BCUT2D eigenvalue weighted by molar-refractivity contribution is 9.10. The van der Waals surface area contributed by atoms with Crippen molar-refractivity contribution >= 4 is 15.9 Å². The molecule has 1 aromatic heterocycles. The van der Waals surface area contributed by atoms with Crippen molar-refractivity contribution in [1.29, 1.82) is 0 Å². The van der Waals surface area contributed by atoms with Crippen molar-refractivity contribution in [2.24, 2.45) is 7.05 Å². The van der Waals surface area contributed by atoms with Crippen molar-refractivity contribution in [2.45, 2.75) is 50.4 Å². The van der Waals surface area contributed by atoms with Gasteiger partial charge in [-0.25, -0.2) is 0 Å². The number of hydrogen-bond acceptors (Lipinski definition) is 2. The minimum absolute atomic E-state index is 0.641. The van der Waals surface area contributed by atoms with Gasteiger partial charge in [-0.15, -0.1) is 0 Å². The second kappa shape index (κ2) is 5.33. The standard InChI is InChI=1S/C14H22BrN3/c1-18-14(11-4-2-3-5-11)12(15)13(17-18)10-6-8-16-9-7-10/h10-11,16H,2-9H2,1H3. The van der Waals surface area contributed by atoms with Crippen LogP contribution < -0.4 is 5.32 Å². The maximum Gasteiger partial charge on any atom is 0.0801 e. The molecule has 0 unspecified atom stereocenters. The van der Waals surface area contributed by atoms with Crippen LogP contribution in [0, 0.1) is 0 Å². The number of nitrogens with zero attached hydrogens (tertiary/aromatic N) is 2. The van der Waals surface area contributed by atoms with Gasteiger partial charge in [0, 0.05) is 18.9 Å². The smallest absolute Gasteiger partial charge is 0.0801 e. The van der Waals surface area contributed by atoms with Crippen molar-refractivity contribution in [3.8, 4) is 0 Å². The molecule has 1 saturated carbocycles. The van der Waals surface area contributed by atoms with E-state index in [4.69, 9.17) is 5.10 Å². The normalized spacial score (nSPS) is 22.8. The van der Waals surface area contributed by atoms with Gasteiger partial charge in [-0.1, -0.05) is 12.8 Å². The Morgan fingerprint density at radius 2 is 1.78 bits per heavy atom. The molecule has 0 aromatic carbocycles. The van der Waals surface area contributed by atoms with Crippen LogP contribution in [0.15, 0.2) is 4.47 Å². The van der Waals surface area contributed by atoms with E-state index in [0.717, 1.165) is 19.0 Å². The number of halogens is 1. The van der Waals surface area contributed by atoms with Gasteiger partial charge in [-0.2, -0.15) is 5.10 Å². The van der Waals surface area contributed by atoms with Crippen molar-refractivity contribution in [1.82, 2.24) is 15.1 Å². The zero-order valence-corrected chi connectivity index (χ0v) is 12.7. The summed E-state index contributed by atoms with van der Waals surface area (Å²) in [6.07, 6.45) is 7.88. The molecule has 1 N–H and O–H groups in total. The molecule has 1 aliphatic heterocycles.